The highest BCUT2D eigenvalue weighted by Gasteiger charge is 2.51. The third-order valence-electron chi connectivity index (χ3n) is 4.57. The predicted molar refractivity (Wildman–Crippen MR) is 101 cm³/mol. The molecule has 2 heterocycles. The number of phosphoric ester groups is 1. The Morgan fingerprint density at radius 1 is 1.14 bits per heavy atom. The maximum absolute atomic E-state index is 12.5. The molecule has 166 valence electrons. The SMILES string of the molecule is CC(C)OC[C@@]1(O)O[C@@H](C)CC1OP(=O)(O)OCC1O[C@@H](C)CC1OC(C)C. The normalized spacial score (nSPS) is 38.4. The van der Waals surface area contributed by atoms with Crippen molar-refractivity contribution in [3.05, 3.63) is 0 Å². The van der Waals surface area contributed by atoms with Crippen molar-refractivity contribution in [1.82, 2.24) is 0 Å². The second-order valence-electron chi connectivity index (χ2n) is 8.17. The molecule has 2 aliphatic rings. The molecule has 0 aromatic carbocycles. The zero-order valence-electron chi connectivity index (χ0n) is 17.6. The molecule has 0 aromatic heterocycles. The van der Waals surface area contributed by atoms with Gasteiger partial charge in [0.05, 0.1) is 37.1 Å². The molecule has 0 radical (unpaired) electrons. The van der Waals surface area contributed by atoms with Gasteiger partial charge in [-0.25, -0.2) is 4.57 Å². The first-order chi connectivity index (χ1) is 12.9. The van der Waals surface area contributed by atoms with Crippen LogP contribution in [0.1, 0.15) is 54.4 Å². The van der Waals surface area contributed by atoms with Gasteiger partial charge in [0, 0.05) is 12.8 Å². The summed E-state index contributed by atoms with van der Waals surface area (Å²) in [5.74, 6) is -1.81. The average molecular weight is 426 g/mol. The van der Waals surface area contributed by atoms with E-state index in [2.05, 4.69) is 0 Å². The smallest absolute Gasteiger partial charge is 0.373 e. The van der Waals surface area contributed by atoms with E-state index in [9.17, 15) is 14.6 Å². The van der Waals surface area contributed by atoms with Crippen molar-refractivity contribution in [2.75, 3.05) is 13.2 Å². The zero-order chi connectivity index (χ0) is 21.1. The predicted octanol–water partition coefficient (Wildman–Crippen LogP) is 2.38. The van der Waals surface area contributed by atoms with E-state index in [1.807, 2.05) is 34.6 Å². The average Bonchev–Trinajstić information content (AvgIpc) is 3.02. The number of hydrogen-bond donors (Lipinski definition) is 2. The zero-order valence-corrected chi connectivity index (χ0v) is 18.5. The van der Waals surface area contributed by atoms with Gasteiger partial charge in [0.25, 0.3) is 0 Å². The first kappa shape index (κ1) is 24.2. The molecule has 4 unspecified atom stereocenters. The second-order valence-corrected chi connectivity index (χ2v) is 9.58. The molecule has 9 nitrogen and oxygen atoms in total. The number of aliphatic hydroxyl groups is 1. The number of ether oxygens (including phenoxy) is 4. The van der Waals surface area contributed by atoms with Gasteiger partial charge in [0.1, 0.15) is 18.8 Å². The van der Waals surface area contributed by atoms with Gasteiger partial charge in [-0.3, -0.25) is 9.05 Å². The van der Waals surface area contributed by atoms with Crippen molar-refractivity contribution in [3.63, 3.8) is 0 Å². The third-order valence-corrected chi connectivity index (χ3v) is 5.57. The molecule has 7 atom stereocenters. The van der Waals surface area contributed by atoms with E-state index in [0.29, 0.717) is 6.42 Å². The molecule has 2 saturated heterocycles. The van der Waals surface area contributed by atoms with Gasteiger partial charge in [0.15, 0.2) is 0 Å². The number of phosphoric acid groups is 1. The summed E-state index contributed by atoms with van der Waals surface area (Å²) in [4.78, 5) is 10.2. The number of rotatable bonds is 10. The Labute approximate surface area is 167 Å². The summed E-state index contributed by atoms with van der Waals surface area (Å²) in [6, 6.07) is 0. The summed E-state index contributed by atoms with van der Waals surface area (Å²) in [5, 5.41) is 10.7. The quantitative estimate of drug-likeness (QED) is 0.508. The van der Waals surface area contributed by atoms with Crippen LogP contribution in [0.25, 0.3) is 0 Å². The number of hydrogen-bond acceptors (Lipinski definition) is 8. The Kier molecular flexibility index (Phi) is 8.47. The molecule has 28 heavy (non-hydrogen) atoms. The highest BCUT2D eigenvalue weighted by Crippen LogP contribution is 2.49. The molecule has 0 bridgehead atoms. The minimum Gasteiger partial charge on any atom is -0.373 e. The van der Waals surface area contributed by atoms with Crippen LogP contribution >= 0.6 is 7.82 Å². The van der Waals surface area contributed by atoms with Crippen LogP contribution in [0, 0.1) is 0 Å². The van der Waals surface area contributed by atoms with Crippen LogP contribution in [-0.4, -0.2) is 71.7 Å². The van der Waals surface area contributed by atoms with Gasteiger partial charge >= 0.3 is 7.82 Å². The lowest BCUT2D eigenvalue weighted by atomic mass is 10.1. The van der Waals surface area contributed by atoms with E-state index in [1.54, 1.807) is 6.92 Å². The fourth-order valence-electron chi connectivity index (χ4n) is 3.42. The standard InChI is InChI=1S/C18H35O9P/c1-11(2)22-10-18(19)17(8-14(6)26-18)27-28(20,21)23-9-16-15(24-12(3)4)7-13(5)25-16/h11-17,19H,7-10H2,1-6H3,(H,20,21)/t13-,14-,15?,16?,17?,18+/m0/s1. The molecule has 0 aliphatic carbocycles. The van der Waals surface area contributed by atoms with Crippen LogP contribution in [0.5, 0.6) is 0 Å². The Balaban J connectivity index is 1.93. The lowest BCUT2D eigenvalue weighted by molar-refractivity contribution is -0.252. The van der Waals surface area contributed by atoms with Crippen molar-refractivity contribution in [1.29, 1.82) is 0 Å². The highest BCUT2D eigenvalue weighted by atomic mass is 31.2. The summed E-state index contributed by atoms with van der Waals surface area (Å²) in [6.07, 6.45) is -1.34. The van der Waals surface area contributed by atoms with E-state index in [4.69, 9.17) is 28.0 Å². The summed E-state index contributed by atoms with van der Waals surface area (Å²) < 4.78 is 45.3. The second kappa shape index (κ2) is 9.81. The van der Waals surface area contributed by atoms with E-state index < -0.39 is 25.8 Å². The summed E-state index contributed by atoms with van der Waals surface area (Å²) in [7, 11) is -4.46. The van der Waals surface area contributed by atoms with Crippen LogP contribution in [0.4, 0.5) is 0 Å². The van der Waals surface area contributed by atoms with Gasteiger partial charge in [-0.05, 0) is 41.5 Å². The van der Waals surface area contributed by atoms with Crippen molar-refractivity contribution in [2.24, 2.45) is 0 Å². The van der Waals surface area contributed by atoms with E-state index >= 15 is 0 Å². The maximum atomic E-state index is 12.5. The maximum Gasteiger partial charge on any atom is 0.472 e. The Bertz CT molecular complexity index is 543. The van der Waals surface area contributed by atoms with E-state index in [-0.39, 0.29) is 50.2 Å². The molecule has 0 saturated carbocycles. The van der Waals surface area contributed by atoms with Crippen molar-refractivity contribution < 1.29 is 42.6 Å². The molecule has 2 fully saturated rings. The lowest BCUT2D eigenvalue weighted by Gasteiger charge is -2.30. The van der Waals surface area contributed by atoms with Crippen molar-refractivity contribution in [3.8, 4) is 0 Å². The van der Waals surface area contributed by atoms with Crippen molar-refractivity contribution in [2.45, 2.75) is 103 Å². The van der Waals surface area contributed by atoms with Crippen LogP contribution in [0.2, 0.25) is 0 Å². The van der Waals surface area contributed by atoms with Gasteiger partial charge in [0.2, 0.25) is 5.79 Å². The molecular weight excluding hydrogens is 391 g/mol. The van der Waals surface area contributed by atoms with Crippen LogP contribution in [0.15, 0.2) is 0 Å². The molecule has 0 amide bonds. The minimum absolute atomic E-state index is 0.00617. The van der Waals surface area contributed by atoms with Crippen LogP contribution in [0.3, 0.4) is 0 Å². The van der Waals surface area contributed by atoms with Gasteiger partial charge in [-0.1, -0.05) is 0 Å². The summed E-state index contributed by atoms with van der Waals surface area (Å²) >= 11 is 0. The fraction of sp³-hybridized carbons (Fsp3) is 1.00. The van der Waals surface area contributed by atoms with Gasteiger partial charge < -0.3 is 28.9 Å². The van der Waals surface area contributed by atoms with Crippen LogP contribution < -0.4 is 0 Å². The Morgan fingerprint density at radius 3 is 2.43 bits per heavy atom. The largest absolute Gasteiger partial charge is 0.472 e. The monoisotopic (exact) mass is 426 g/mol. The molecule has 0 spiro atoms. The Hall–Kier alpha value is -0.0900. The summed E-state index contributed by atoms with van der Waals surface area (Å²) in [6.45, 7) is 10.8. The first-order valence-corrected chi connectivity index (χ1v) is 11.4. The molecule has 0 aromatic rings. The topological polar surface area (TPSA) is 113 Å². The van der Waals surface area contributed by atoms with E-state index in [1.165, 1.54) is 0 Å². The Morgan fingerprint density at radius 2 is 1.82 bits per heavy atom. The van der Waals surface area contributed by atoms with Gasteiger partial charge in [-0.2, -0.15) is 0 Å². The van der Waals surface area contributed by atoms with Crippen LogP contribution in [-0.2, 0) is 32.6 Å². The first-order valence-electron chi connectivity index (χ1n) is 9.88. The summed E-state index contributed by atoms with van der Waals surface area (Å²) in [5.41, 5.74) is 0. The molecular formula is C18H35O9P. The molecule has 2 aliphatic heterocycles. The fourth-order valence-corrected chi connectivity index (χ4v) is 4.38. The van der Waals surface area contributed by atoms with Gasteiger partial charge in [-0.15, -0.1) is 0 Å². The molecule has 2 rings (SSSR count). The lowest BCUT2D eigenvalue weighted by Crippen LogP contribution is -2.45. The third kappa shape index (κ3) is 7.00. The van der Waals surface area contributed by atoms with Crippen molar-refractivity contribution >= 4 is 7.82 Å². The molecule has 2 N–H and O–H groups in total. The minimum atomic E-state index is -4.46. The molecule has 10 heteroatoms. The van der Waals surface area contributed by atoms with E-state index in [0.717, 1.165) is 0 Å². The highest BCUT2D eigenvalue weighted by molar-refractivity contribution is 7.47.